The molecule has 0 heteroatoms. The molecule has 17 heavy (non-hydrogen) atoms. The van der Waals surface area contributed by atoms with Gasteiger partial charge in [0.2, 0.25) is 0 Å². The second-order valence-corrected chi connectivity index (χ2v) is 7.29. The lowest BCUT2D eigenvalue weighted by Crippen LogP contribution is -2.21. The lowest BCUT2D eigenvalue weighted by atomic mass is 9.78. The van der Waals surface area contributed by atoms with Gasteiger partial charge in [0.25, 0.3) is 0 Å². The monoisotopic (exact) mass is 236 g/mol. The van der Waals surface area contributed by atoms with E-state index >= 15 is 0 Å². The van der Waals surface area contributed by atoms with E-state index in [-0.39, 0.29) is 0 Å². The Labute approximate surface area is 109 Å². The normalized spacial score (nSPS) is 38.5. The molecule has 2 aliphatic carbocycles. The summed E-state index contributed by atoms with van der Waals surface area (Å²) in [5, 5.41) is 0. The minimum Gasteiger partial charge on any atom is -0.0654 e. The average molecular weight is 236 g/mol. The zero-order chi connectivity index (χ0) is 12.6. The van der Waals surface area contributed by atoms with Gasteiger partial charge in [-0.1, -0.05) is 53.9 Å². The summed E-state index contributed by atoms with van der Waals surface area (Å²) in [6, 6.07) is 0. The standard InChI is InChI=1S/C17H32/c1-6-8-9-14-10-17(14)11-15(17)16(12(3)4)13(5)7-2/h12-16H,6-11H2,1-5H3. The molecule has 2 rings (SSSR count). The van der Waals surface area contributed by atoms with Gasteiger partial charge in [-0.15, -0.1) is 0 Å². The quantitative estimate of drug-likeness (QED) is 0.546. The summed E-state index contributed by atoms with van der Waals surface area (Å²) in [6.45, 7) is 12.1. The molecule has 0 aromatic carbocycles. The van der Waals surface area contributed by atoms with Crippen LogP contribution in [-0.4, -0.2) is 0 Å². The van der Waals surface area contributed by atoms with E-state index in [1.807, 2.05) is 0 Å². The second kappa shape index (κ2) is 4.94. The number of hydrogen-bond donors (Lipinski definition) is 0. The molecule has 5 atom stereocenters. The zero-order valence-corrected chi connectivity index (χ0v) is 12.6. The molecule has 100 valence electrons. The van der Waals surface area contributed by atoms with E-state index in [2.05, 4.69) is 34.6 Å². The first-order chi connectivity index (χ1) is 8.06. The van der Waals surface area contributed by atoms with Crippen molar-refractivity contribution >= 4 is 0 Å². The number of rotatable bonds is 7. The summed E-state index contributed by atoms with van der Waals surface area (Å²) in [6.07, 6.45) is 8.91. The summed E-state index contributed by atoms with van der Waals surface area (Å²) in [7, 11) is 0. The SMILES string of the molecule is CCCCC1CC12CC2C(C(C)C)C(C)CC. The van der Waals surface area contributed by atoms with E-state index in [0.717, 1.165) is 35.0 Å². The predicted octanol–water partition coefficient (Wildman–Crippen LogP) is 5.52. The van der Waals surface area contributed by atoms with Crippen LogP contribution in [0.3, 0.4) is 0 Å². The van der Waals surface area contributed by atoms with Crippen LogP contribution < -0.4 is 0 Å². The smallest absolute Gasteiger partial charge is 0.0232 e. The van der Waals surface area contributed by atoms with Gasteiger partial charge in [-0.3, -0.25) is 0 Å². The molecule has 0 heterocycles. The summed E-state index contributed by atoms with van der Waals surface area (Å²) < 4.78 is 0. The van der Waals surface area contributed by atoms with Crippen molar-refractivity contribution in [1.82, 2.24) is 0 Å². The summed E-state index contributed by atoms with van der Waals surface area (Å²) in [5.74, 6) is 5.05. The Morgan fingerprint density at radius 3 is 2.35 bits per heavy atom. The topological polar surface area (TPSA) is 0 Å². The van der Waals surface area contributed by atoms with Crippen LogP contribution in [0.25, 0.3) is 0 Å². The van der Waals surface area contributed by atoms with Gasteiger partial charge in [0.1, 0.15) is 0 Å². The maximum Gasteiger partial charge on any atom is -0.0232 e. The lowest BCUT2D eigenvalue weighted by molar-refractivity contribution is 0.215. The summed E-state index contributed by atoms with van der Waals surface area (Å²) in [5.41, 5.74) is 0.869. The van der Waals surface area contributed by atoms with Crippen LogP contribution in [0.1, 0.15) is 73.1 Å². The van der Waals surface area contributed by atoms with Gasteiger partial charge in [0, 0.05) is 0 Å². The highest BCUT2D eigenvalue weighted by Gasteiger charge is 2.71. The van der Waals surface area contributed by atoms with Crippen LogP contribution in [0.4, 0.5) is 0 Å². The molecule has 2 fully saturated rings. The molecule has 0 saturated heterocycles. The third kappa shape index (κ3) is 2.42. The Morgan fingerprint density at radius 2 is 1.82 bits per heavy atom. The van der Waals surface area contributed by atoms with Crippen molar-refractivity contribution in [1.29, 1.82) is 0 Å². The minimum atomic E-state index is 0.869. The highest BCUT2D eigenvalue weighted by molar-refractivity contribution is 5.19. The van der Waals surface area contributed by atoms with E-state index in [0.29, 0.717) is 0 Å². The molecule has 2 aliphatic rings. The van der Waals surface area contributed by atoms with Crippen LogP contribution in [0, 0.1) is 35.0 Å². The van der Waals surface area contributed by atoms with Crippen molar-refractivity contribution < 1.29 is 0 Å². The fourth-order valence-electron chi connectivity index (χ4n) is 4.60. The lowest BCUT2D eigenvalue weighted by Gasteiger charge is -2.27. The Bertz CT molecular complexity index is 255. The third-order valence-corrected chi connectivity index (χ3v) is 5.90. The Kier molecular flexibility index (Phi) is 3.90. The van der Waals surface area contributed by atoms with Gasteiger partial charge < -0.3 is 0 Å². The second-order valence-electron chi connectivity index (χ2n) is 7.29. The van der Waals surface area contributed by atoms with Crippen molar-refractivity contribution in [2.24, 2.45) is 35.0 Å². The first kappa shape index (κ1) is 13.4. The van der Waals surface area contributed by atoms with Crippen LogP contribution in [0.15, 0.2) is 0 Å². The van der Waals surface area contributed by atoms with Gasteiger partial charge in [0.15, 0.2) is 0 Å². The summed E-state index contributed by atoms with van der Waals surface area (Å²) >= 11 is 0. The molecule has 0 nitrogen and oxygen atoms in total. The van der Waals surface area contributed by atoms with E-state index in [1.54, 1.807) is 12.8 Å². The van der Waals surface area contributed by atoms with Gasteiger partial charge in [0.05, 0.1) is 0 Å². The van der Waals surface area contributed by atoms with E-state index in [9.17, 15) is 0 Å². The van der Waals surface area contributed by atoms with Crippen molar-refractivity contribution in [2.75, 3.05) is 0 Å². The van der Waals surface area contributed by atoms with Crippen LogP contribution in [-0.2, 0) is 0 Å². The first-order valence-electron chi connectivity index (χ1n) is 8.06. The Balaban J connectivity index is 1.88. The van der Waals surface area contributed by atoms with Gasteiger partial charge in [-0.2, -0.15) is 0 Å². The van der Waals surface area contributed by atoms with Crippen LogP contribution in [0.2, 0.25) is 0 Å². The molecule has 2 saturated carbocycles. The maximum atomic E-state index is 2.49. The fraction of sp³-hybridized carbons (Fsp3) is 1.00. The molecule has 0 aromatic rings. The molecule has 0 bridgehead atoms. The Hall–Kier alpha value is 0. The van der Waals surface area contributed by atoms with Crippen molar-refractivity contribution in [3.63, 3.8) is 0 Å². The molecule has 0 aliphatic heterocycles. The van der Waals surface area contributed by atoms with E-state index in [1.165, 1.54) is 25.7 Å². The van der Waals surface area contributed by atoms with E-state index in [4.69, 9.17) is 0 Å². The fourth-order valence-corrected chi connectivity index (χ4v) is 4.60. The molecule has 0 amide bonds. The van der Waals surface area contributed by atoms with Gasteiger partial charge in [-0.05, 0) is 54.3 Å². The molecule has 5 unspecified atom stereocenters. The predicted molar refractivity (Wildman–Crippen MR) is 76.0 cm³/mol. The molecule has 0 aromatic heterocycles. The largest absolute Gasteiger partial charge is 0.0654 e. The van der Waals surface area contributed by atoms with Crippen molar-refractivity contribution in [3.05, 3.63) is 0 Å². The number of hydrogen-bond acceptors (Lipinski definition) is 0. The van der Waals surface area contributed by atoms with E-state index < -0.39 is 0 Å². The summed E-state index contributed by atoms with van der Waals surface area (Å²) in [4.78, 5) is 0. The highest BCUT2D eigenvalue weighted by Crippen LogP contribution is 2.78. The molecular weight excluding hydrogens is 204 g/mol. The van der Waals surface area contributed by atoms with Crippen molar-refractivity contribution in [2.45, 2.75) is 73.1 Å². The minimum absolute atomic E-state index is 0.869. The van der Waals surface area contributed by atoms with Gasteiger partial charge >= 0.3 is 0 Å². The molecule has 0 radical (unpaired) electrons. The molecule has 1 spiro atoms. The van der Waals surface area contributed by atoms with Crippen molar-refractivity contribution in [3.8, 4) is 0 Å². The molecular formula is C17H32. The Morgan fingerprint density at radius 1 is 1.12 bits per heavy atom. The third-order valence-electron chi connectivity index (χ3n) is 5.90. The number of unbranched alkanes of at least 4 members (excludes halogenated alkanes) is 1. The highest BCUT2D eigenvalue weighted by atomic mass is 14.8. The van der Waals surface area contributed by atoms with Crippen LogP contribution in [0.5, 0.6) is 0 Å². The van der Waals surface area contributed by atoms with Gasteiger partial charge in [-0.25, -0.2) is 0 Å². The average Bonchev–Trinajstić information content (AvgIpc) is 3.16. The zero-order valence-electron chi connectivity index (χ0n) is 12.6. The molecule has 0 N–H and O–H groups in total. The van der Waals surface area contributed by atoms with Crippen LogP contribution >= 0.6 is 0 Å². The first-order valence-corrected chi connectivity index (χ1v) is 8.06. The maximum absolute atomic E-state index is 2.49.